The van der Waals surface area contributed by atoms with E-state index >= 15 is 0 Å². The van der Waals surface area contributed by atoms with Crippen LogP contribution in [-0.4, -0.2) is 18.2 Å². The van der Waals surface area contributed by atoms with Crippen LogP contribution >= 0.6 is 11.6 Å². The van der Waals surface area contributed by atoms with Gasteiger partial charge in [0.2, 0.25) is 0 Å². The van der Waals surface area contributed by atoms with E-state index in [1.165, 1.54) is 6.08 Å². The first kappa shape index (κ1) is 9.80. The molecule has 0 aliphatic carbocycles. The van der Waals surface area contributed by atoms with E-state index in [0.29, 0.717) is 16.4 Å². The molecule has 4 heteroatoms. The number of allylic oxidation sites excluding steroid dienone is 1. The Balaban J connectivity index is 2.21. The van der Waals surface area contributed by atoms with Gasteiger partial charge in [-0.2, -0.15) is 0 Å². The van der Waals surface area contributed by atoms with Crippen molar-refractivity contribution in [3.8, 4) is 0 Å². The Labute approximate surface area is 91.8 Å². The molecule has 0 bridgehead atoms. The van der Waals surface area contributed by atoms with E-state index in [2.05, 4.69) is 9.98 Å². The summed E-state index contributed by atoms with van der Waals surface area (Å²) in [6, 6.07) is 6.69. The second-order valence-electron chi connectivity index (χ2n) is 2.93. The topological polar surface area (TPSA) is 41.8 Å². The molecule has 1 heterocycles. The molecule has 1 aliphatic rings. The molecule has 0 amide bonds. The van der Waals surface area contributed by atoms with Crippen molar-refractivity contribution in [1.82, 2.24) is 0 Å². The lowest BCUT2D eigenvalue weighted by Crippen LogP contribution is -1.94. The molecule has 15 heavy (non-hydrogen) atoms. The standard InChI is InChI=1S/C11H7ClN2O/c12-9-3-1-8(2-4-9)10(15)7-11-13-5-6-14-11/h1-7H. The first-order chi connectivity index (χ1) is 7.25. The molecule has 2 rings (SSSR count). The lowest BCUT2D eigenvalue weighted by atomic mass is 10.1. The lowest BCUT2D eigenvalue weighted by molar-refractivity contribution is 0.104. The number of carbonyl (C=O) groups excluding carboxylic acids is 1. The van der Waals surface area contributed by atoms with Gasteiger partial charge < -0.3 is 0 Å². The van der Waals surface area contributed by atoms with Crippen LogP contribution in [0.1, 0.15) is 10.4 Å². The Bertz CT molecular complexity index is 458. The lowest BCUT2D eigenvalue weighted by Gasteiger charge is -1.95. The van der Waals surface area contributed by atoms with E-state index in [9.17, 15) is 4.79 Å². The summed E-state index contributed by atoms with van der Waals surface area (Å²) in [5.74, 6) is 0.299. The number of carbonyl (C=O) groups is 1. The largest absolute Gasteiger partial charge is 0.289 e. The minimum atomic E-state index is -0.127. The summed E-state index contributed by atoms with van der Waals surface area (Å²) in [4.78, 5) is 19.4. The number of hydrogen-bond acceptors (Lipinski definition) is 3. The molecule has 0 fully saturated rings. The van der Waals surface area contributed by atoms with Gasteiger partial charge in [-0.15, -0.1) is 0 Å². The summed E-state index contributed by atoms with van der Waals surface area (Å²) in [7, 11) is 0. The molecule has 0 unspecified atom stereocenters. The Morgan fingerprint density at radius 3 is 2.33 bits per heavy atom. The van der Waals surface area contributed by atoms with Gasteiger partial charge >= 0.3 is 0 Å². The predicted molar refractivity (Wildman–Crippen MR) is 60.8 cm³/mol. The average molecular weight is 219 g/mol. The molecule has 0 saturated heterocycles. The predicted octanol–water partition coefficient (Wildman–Crippen LogP) is 2.52. The number of ketones is 1. The van der Waals surface area contributed by atoms with Crippen molar-refractivity contribution in [2.75, 3.05) is 0 Å². The number of benzene rings is 1. The molecule has 1 aromatic carbocycles. The smallest absolute Gasteiger partial charge is 0.189 e. The highest BCUT2D eigenvalue weighted by molar-refractivity contribution is 6.30. The maximum atomic E-state index is 11.6. The second-order valence-corrected chi connectivity index (χ2v) is 3.37. The molecule has 3 nitrogen and oxygen atoms in total. The van der Waals surface area contributed by atoms with Gasteiger partial charge in [-0.05, 0) is 24.3 Å². The monoisotopic (exact) mass is 218 g/mol. The minimum Gasteiger partial charge on any atom is -0.289 e. The van der Waals surface area contributed by atoms with Crippen molar-refractivity contribution >= 4 is 29.8 Å². The third kappa shape index (κ3) is 2.39. The van der Waals surface area contributed by atoms with E-state index in [0.717, 1.165) is 0 Å². The van der Waals surface area contributed by atoms with Crippen molar-refractivity contribution < 1.29 is 4.79 Å². The summed E-state index contributed by atoms with van der Waals surface area (Å²) < 4.78 is 0. The molecule has 1 aromatic rings. The van der Waals surface area contributed by atoms with Crippen molar-refractivity contribution in [2.24, 2.45) is 9.98 Å². The third-order valence-electron chi connectivity index (χ3n) is 1.87. The summed E-state index contributed by atoms with van der Waals surface area (Å²) in [6.45, 7) is 0. The van der Waals surface area contributed by atoms with Crippen LogP contribution in [0.3, 0.4) is 0 Å². The summed E-state index contributed by atoms with van der Waals surface area (Å²) >= 11 is 5.71. The fourth-order valence-corrected chi connectivity index (χ4v) is 1.27. The molecule has 0 saturated carbocycles. The number of nitrogens with zero attached hydrogens (tertiary/aromatic N) is 2. The molecule has 1 aliphatic heterocycles. The van der Waals surface area contributed by atoms with Crippen LogP contribution in [0.4, 0.5) is 0 Å². The van der Waals surface area contributed by atoms with Gasteiger partial charge in [-0.1, -0.05) is 11.6 Å². The summed E-state index contributed by atoms with van der Waals surface area (Å²) in [6.07, 6.45) is 4.48. The second kappa shape index (κ2) is 4.19. The Morgan fingerprint density at radius 2 is 1.73 bits per heavy atom. The van der Waals surface area contributed by atoms with Crippen molar-refractivity contribution in [2.45, 2.75) is 0 Å². The number of halogens is 1. The van der Waals surface area contributed by atoms with Crippen LogP contribution in [0.15, 0.2) is 46.1 Å². The molecular weight excluding hydrogens is 212 g/mol. The normalized spacial score (nSPS) is 13.3. The summed E-state index contributed by atoms with van der Waals surface area (Å²) in [5.41, 5.74) is 0.573. The third-order valence-corrected chi connectivity index (χ3v) is 2.12. The first-order valence-corrected chi connectivity index (χ1v) is 4.72. The van der Waals surface area contributed by atoms with Gasteiger partial charge in [-0.3, -0.25) is 4.79 Å². The molecule has 0 spiro atoms. The van der Waals surface area contributed by atoms with Crippen LogP contribution in [-0.2, 0) is 0 Å². The highest BCUT2D eigenvalue weighted by Crippen LogP contribution is 2.12. The molecule has 74 valence electrons. The van der Waals surface area contributed by atoms with Gasteiger partial charge in [0.05, 0.1) is 0 Å². The molecule has 0 radical (unpaired) electrons. The van der Waals surface area contributed by atoms with Crippen LogP contribution in [0.5, 0.6) is 0 Å². The van der Waals surface area contributed by atoms with Crippen molar-refractivity contribution in [3.05, 3.63) is 46.7 Å². The van der Waals surface area contributed by atoms with Gasteiger partial charge in [0.1, 0.15) is 0 Å². The zero-order chi connectivity index (χ0) is 10.7. The number of rotatable bonds is 2. The van der Waals surface area contributed by atoms with E-state index in [1.807, 2.05) is 0 Å². The van der Waals surface area contributed by atoms with Gasteiger partial charge in [-0.25, -0.2) is 9.98 Å². The molecule has 0 aromatic heterocycles. The molecular formula is C11H7ClN2O. The van der Waals surface area contributed by atoms with E-state index < -0.39 is 0 Å². The van der Waals surface area contributed by atoms with Crippen LogP contribution < -0.4 is 0 Å². The first-order valence-electron chi connectivity index (χ1n) is 4.34. The van der Waals surface area contributed by atoms with E-state index in [-0.39, 0.29) is 5.78 Å². The van der Waals surface area contributed by atoms with Gasteiger partial charge in [0.25, 0.3) is 0 Å². The van der Waals surface area contributed by atoms with Gasteiger partial charge in [0.15, 0.2) is 11.6 Å². The summed E-state index contributed by atoms with van der Waals surface area (Å²) in [5, 5.41) is 0.608. The average Bonchev–Trinajstić information content (AvgIpc) is 2.71. The Hall–Kier alpha value is -1.74. The molecule has 0 atom stereocenters. The zero-order valence-corrected chi connectivity index (χ0v) is 8.48. The van der Waals surface area contributed by atoms with Crippen LogP contribution in [0, 0.1) is 0 Å². The van der Waals surface area contributed by atoms with E-state index in [1.54, 1.807) is 36.7 Å². The maximum absolute atomic E-state index is 11.6. The van der Waals surface area contributed by atoms with Crippen LogP contribution in [0.2, 0.25) is 5.02 Å². The number of hydrogen-bond donors (Lipinski definition) is 0. The number of aliphatic imine (C=N–C) groups is 2. The Kier molecular flexibility index (Phi) is 2.74. The fraction of sp³-hybridized carbons (Fsp3) is 0. The Morgan fingerprint density at radius 1 is 1.13 bits per heavy atom. The quantitative estimate of drug-likeness (QED) is 0.556. The van der Waals surface area contributed by atoms with Crippen LogP contribution in [0.25, 0.3) is 0 Å². The maximum Gasteiger partial charge on any atom is 0.189 e. The fourth-order valence-electron chi connectivity index (χ4n) is 1.14. The van der Waals surface area contributed by atoms with E-state index in [4.69, 9.17) is 11.6 Å². The highest BCUT2D eigenvalue weighted by Gasteiger charge is 2.04. The highest BCUT2D eigenvalue weighted by atomic mass is 35.5. The SMILES string of the molecule is O=C(C=C1N=CC=N1)c1ccc(Cl)cc1. The minimum absolute atomic E-state index is 0.127. The molecule has 0 N–H and O–H groups in total. The van der Waals surface area contributed by atoms with Crippen molar-refractivity contribution in [3.63, 3.8) is 0 Å². The zero-order valence-electron chi connectivity index (χ0n) is 7.72. The van der Waals surface area contributed by atoms with Gasteiger partial charge in [0, 0.05) is 29.1 Å². The van der Waals surface area contributed by atoms with Crippen molar-refractivity contribution in [1.29, 1.82) is 0 Å².